The first-order valence-electron chi connectivity index (χ1n) is 29.9. The molecule has 0 aromatic rings. The molecule has 408 valence electrons. The fraction of sp³-hybridized carbons (Fsp3) is 0.883. The Labute approximate surface area is 429 Å². The number of hydrogen-bond donors (Lipinski definition) is 3. The number of allylic oxidation sites excluding steroid dienone is 5. The van der Waals surface area contributed by atoms with Gasteiger partial charge < -0.3 is 19.8 Å². The van der Waals surface area contributed by atoms with Crippen LogP contribution in [0.3, 0.4) is 0 Å². The third-order valence-corrected chi connectivity index (χ3v) is 14.6. The van der Waals surface area contributed by atoms with Gasteiger partial charge in [-0.05, 0) is 44.9 Å². The van der Waals surface area contributed by atoms with Gasteiger partial charge in [0.25, 0.3) is 0 Å². The summed E-state index contributed by atoms with van der Waals surface area (Å²) in [6.07, 6.45) is 66.9. The highest BCUT2D eigenvalue weighted by atomic mass is 31.2. The van der Waals surface area contributed by atoms with Crippen molar-refractivity contribution in [1.82, 2.24) is 5.32 Å². The number of nitrogens with zero attached hydrogens (tertiary/aromatic N) is 1. The van der Waals surface area contributed by atoms with Crippen molar-refractivity contribution in [2.75, 3.05) is 40.9 Å². The Bertz CT molecular complexity index is 1220. The van der Waals surface area contributed by atoms with E-state index in [2.05, 4.69) is 43.5 Å². The van der Waals surface area contributed by atoms with E-state index in [1.54, 1.807) is 6.08 Å². The normalized spacial score (nSPS) is 14.1. The third kappa shape index (κ3) is 54.3. The molecule has 8 nitrogen and oxygen atoms in total. The quantitative estimate of drug-likeness (QED) is 0.0243. The molecule has 0 aliphatic carbocycles. The van der Waals surface area contributed by atoms with Gasteiger partial charge in [-0.15, -0.1) is 0 Å². The molecule has 3 unspecified atom stereocenters. The maximum absolute atomic E-state index is 13.0. The van der Waals surface area contributed by atoms with Crippen molar-refractivity contribution in [3.05, 3.63) is 36.5 Å². The maximum Gasteiger partial charge on any atom is 0.472 e. The summed E-state index contributed by atoms with van der Waals surface area (Å²) in [6.45, 7) is 4.83. The zero-order valence-corrected chi connectivity index (χ0v) is 47.5. The number of quaternary nitrogens is 1. The first kappa shape index (κ1) is 67.7. The van der Waals surface area contributed by atoms with E-state index in [-0.39, 0.29) is 19.1 Å². The Morgan fingerprint density at radius 2 is 0.797 bits per heavy atom. The zero-order chi connectivity index (χ0) is 50.6. The molecule has 1 amide bonds. The number of unbranched alkanes of at least 4 members (excludes halogenated alkanes) is 38. The van der Waals surface area contributed by atoms with E-state index >= 15 is 0 Å². The van der Waals surface area contributed by atoms with Gasteiger partial charge in [-0.1, -0.05) is 275 Å². The summed E-state index contributed by atoms with van der Waals surface area (Å²) in [4.78, 5) is 23.3. The van der Waals surface area contributed by atoms with E-state index in [4.69, 9.17) is 9.05 Å². The van der Waals surface area contributed by atoms with Crippen LogP contribution in [-0.2, 0) is 18.4 Å². The second kappa shape index (κ2) is 51.6. The van der Waals surface area contributed by atoms with Gasteiger partial charge in [0.05, 0.1) is 39.9 Å². The number of hydrogen-bond acceptors (Lipinski definition) is 5. The van der Waals surface area contributed by atoms with Gasteiger partial charge in [-0.25, -0.2) is 4.57 Å². The predicted molar refractivity (Wildman–Crippen MR) is 300 cm³/mol. The summed E-state index contributed by atoms with van der Waals surface area (Å²) in [5, 5.41) is 13.9. The molecular weight excluding hydrogens is 876 g/mol. The van der Waals surface area contributed by atoms with Crippen LogP contribution in [0.1, 0.15) is 290 Å². The molecule has 0 aliphatic rings. The van der Waals surface area contributed by atoms with E-state index in [1.807, 2.05) is 27.2 Å². The van der Waals surface area contributed by atoms with Gasteiger partial charge in [0.2, 0.25) is 5.91 Å². The third-order valence-electron chi connectivity index (χ3n) is 13.6. The molecule has 0 aliphatic heterocycles. The fourth-order valence-electron chi connectivity index (χ4n) is 8.90. The smallest absolute Gasteiger partial charge is 0.387 e. The molecule has 69 heavy (non-hydrogen) atoms. The van der Waals surface area contributed by atoms with Crippen molar-refractivity contribution >= 4 is 13.7 Å². The van der Waals surface area contributed by atoms with Crippen LogP contribution in [0.4, 0.5) is 0 Å². The highest BCUT2D eigenvalue weighted by Gasteiger charge is 2.27. The average Bonchev–Trinajstić information content (AvgIpc) is 3.31. The number of aliphatic hydroxyl groups is 1. The van der Waals surface area contributed by atoms with E-state index in [1.165, 1.54) is 225 Å². The highest BCUT2D eigenvalue weighted by molar-refractivity contribution is 7.47. The summed E-state index contributed by atoms with van der Waals surface area (Å²) < 4.78 is 23.7. The lowest BCUT2D eigenvalue weighted by atomic mass is 10.0. The Morgan fingerprint density at radius 1 is 0.478 bits per heavy atom. The predicted octanol–water partition coefficient (Wildman–Crippen LogP) is 18.2. The van der Waals surface area contributed by atoms with Crippen molar-refractivity contribution in [3.8, 4) is 0 Å². The number of carbonyl (C=O) groups is 1. The van der Waals surface area contributed by atoms with Gasteiger partial charge in [0.1, 0.15) is 13.2 Å². The molecule has 0 heterocycles. The standard InChI is InChI=1S/C60H117N2O6P/c1-6-8-10-12-14-16-18-20-22-24-26-28-29-30-31-32-33-34-36-38-40-42-44-46-48-50-52-54-60(64)61-58(57-68-69(65,66)67-56-55-62(3,4)5)59(63)53-51-49-47-45-43-41-39-37-35-27-25-23-21-19-17-15-13-11-9-7-2/h35,37,43,45,51,53,58-59,63H,6-34,36,38-42,44,46-50,52,54-57H2,1-5H3,(H-,61,64,65,66)/p+1/b37-35+,45-43+,53-51+. The largest absolute Gasteiger partial charge is 0.472 e. The minimum Gasteiger partial charge on any atom is -0.387 e. The maximum atomic E-state index is 13.0. The fourth-order valence-corrected chi connectivity index (χ4v) is 9.64. The van der Waals surface area contributed by atoms with Crippen LogP contribution in [0.2, 0.25) is 0 Å². The number of carbonyl (C=O) groups excluding carboxylic acids is 1. The molecule has 0 aromatic carbocycles. The summed E-state index contributed by atoms with van der Waals surface area (Å²) >= 11 is 0. The average molecular weight is 995 g/mol. The van der Waals surface area contributed by atoms with E-state index in [9.17, 15) is 19.4 Å². The minimum absolute atomic E-state index is 0.0552. The van der Waals surface area contributed by atoms with Crippen LogP contribution in [0, 0.1) is 0 Å². The van der Waals surface area contributed by atoms with Crippen LogP contribution in [0.25, 0.3) is 0 Å². The SMILES string of the molecule is CCCCCCCCCCCC/C=C/CC/C=C/CC/C=C/C(O)C(COP(=O)(O)OCC[N+](C)(C)C)NC(=O)CCCCCCCCCCCCCCCCCCCCCCCCCCCCC. The summed E-state index contributed by atoms with van der Waals surface area (Å²) in [5.74, 6) is -0.185. The van der Waals surface area contributed by atoms with Gasteiger partial charge in [-0.3, -0.25) is 13.8 Å². The molecule has 0 saturated carbocycles. The second-order valence-electron chi connectivity index (χ2n) is 21.7. The van der Waals surface area contributed by atoms with Crippen molar-refractivity contribution in [2.24, 2.45) is 0 Å². The number of rotatable bonds is 55. The lowest BCUT2D eigenvalue weighted by Gasteiger charge is -2.25. The summed E-state index contributed by atoms with van der Waals surface area (Å²) in [5.41, 5.74) is 0. The van der Waals surface area contributed by atoms with E-state index < -0.39 is 20.0 Å². The molecule has 3 N–H and O–H groups in total. The van der Waals surface area contributed by atoms with Crippen LogP contribution in [-0.4, -0.2) is 73.4 Å². The molecule has 0 aromatic heterocycles. The van der Waals surface area contributed by atoms with Crippen LogP contribution in [0.5, 0.6) is 0 Å². The van der Waals surface area contributed by atoms with Crippen molar-refractivity contribution < 1.29 is 32.9 Å². The van der Waals surface area contributed by atoms with E-state index in [0.29, 0.717) is 17.4 Å². The second-order valence-corrected chi connectivity index (χ2v) is 23.2. The topological polar surface area (TPSA) is 105 Å². The molecule has 0 fully saturated rings. The first-order chi connectivity index (χ1) is 33.5. The lowest BCUT2D eigenvalue weighted by molar-refractivity contribution is -0.870. The number of phosphoric ester groups is 1. The van der Waals surface area contributed by atoms with Gasteiger partial charge >= 0.3 is 7.82 Å². The molecule has 0 bridgehead atoms. The Morgan fingerprint density at radius 3 is 1.16 bits per heavy atom. The number of amides is 1. The van der Waals surface area contributed by atoms with Crippen molar-refractivity contribution in [1.29, 1.82) is 0 Å². The molecule has 0 spiro atoms. The molecule has 9 heteroatoms. The monoisotopic (exact) mass is 994 g/mol. The number of likely N-dealkylation sites (N-methyl/N-ethyl adjacent to an activating group) is 1. The number of nitrogens with one attached hydrogen (secondary N) is 1. The number of phosphoric acid groups is 1. The Balaban J connectivity index is 4.19. The van der Waals surface area contributed by atoms with Gasteiger partial charge in [0.15, 0.2) is 0 Å². The van der Waals surface area contributed by atoms with Gasteiger partial charge in [0, 0.05) is 6.42 Å². The highest BCUT2D eigenvalue weighted by Crippen LogP contribution is 2.43. The molecule has 0 radical (unpaired) electrons. The lowest BCUT2D eigenvalue weighted by Crippen LogP contribution is -2.45. The van der Waals surface area contributed by atoms with Crippen LogP contribution in [0.15, 0.2) is 36.5 Å². The van der Waals surface area contributed by atoms with Crippen molar-refractivity contribution in [3.63, 3.8) is 0 Å². The molecular formula is C60H118N2O6P+. The Kier molecular flexibility index (Phi) is 50.7. The van der Waals surface area contributed by atoms with Crippen LogP contribution < -0.4 is 5.32 Å². The minimum atomic E-state index is -4.36. The molecule has 3 atom stereocenters. The summed E-state index contributed by atoms with van der Waals surface area (Å²) in [6, 6.07) is -0.868. The van der Waals surface area contributed by atoms with Crippen LogP contribution >= 0.6 is 7.82 Å². The number of aliphatic hydroxyl groups excluding tert-OH is 1. The summed E-state index contributed by atoms with van der Waals surface area (Å²) in [7, 11) is 1.56. The van der Waals surface area contributed by atoms with E-state index in [0.717, 1.165) is 44.9 Å². The Hall–Kier alpha value is -1.28. The molecule has 0 saturated heterocycles. The first-order valence-corrected chi connectivity index (χ1v) is 31.4. The van der Waals surface area contributed by atoms with Crippen molar-refractivity contribution in [2.45, 2.75) is 302 Å². The van der Waals surface area contributed by atoms with Gasteiger partial charge in [-0.2, -0.15) is 0 Å². The molecule has 0 rings (SSSR count). The zero-order valence-electron chi connectivity index (χ0n) is 46.6.